The maximum atomic E-state index is 5.81. The van der Waals surface area contributed by atoms with E-state index in [1.54, 1.807) is 0 Å². The molecule has 0 radical (unpaired) electrons. The van der Waals surface area contributed by atoms with E-state index in [4.69, 9.17) is 11.5 Å². The summed E-state index contributed by atoms with van der Waals surface area (Å²) in [6, 6.07) is 0. The van der Waals surface area contributed by atoms with Crippen molar-refractivity contribution in [3.8, 4) is 0 Å². The quantitative estimate of drug-likeness (QED) is 0.412. The summed E-state index contributed by atoms with van der Waals surface area (Å²) in [6.07, 6.45) is 4.78. The van der Waals surface area contributed by atoms with E-state index in [9.17, 15) is 0 Å². The molecule has 1 rings (SSSR count). The van der Waals surface area contributed by atoms with Gasteiger partial charge in [-0.2, -0.15) is 0 Å². The molecule has 1 heterocycles. The second-order valence-corrected chi connectivity index (χ2v) is 3.43. The first-order valence-corrected chi connectivity index (χ1v) is 3.46. The topological polar surface area (TPSA) is 64.1 Å². The second-order valence-electron chi connectivity index (χ2n) is 3.43. The summed E-state index contributed by atoms with van der Waals surface area (Å²) in [5, 5.41) is 3.10. The Morgan fingerprint density at radius 2 is 2.00 bits per heavy atom. The van der Waals surface area contributed by atoms with Crippen molar-refractivity contribution >= 4 is 0 Å². The van der Waals surface area contributed by atoms with E-state index in [0.717, 1.165) is 6.42 Å². The van der Waals surface area contributed by atoms with Crippen LogP contribution in [0.15, 0.2) is 12.2 Å². The highest BCUT2D eigenvalue weighted by Gasteiger charge is 2.28. The van der Waals surface area contributed by atoms with E-state index >= 15 is 0 Å². The first-order chi connectivity index (χ1) is 4.41. The maximum Gasteiger partial charge on any atom is 0.0838 e. The van der Waals surface area contributed by atoms with Gasteiger partial charge in [-0.15, -0.1) is 0 Å². The molecule has 0 fully saturated rings. The minimum atomic E-state index is -0.443. The number of hydrogen-bond acceptors (Lipinski definition) is 3. The lowest BCUT2D eigenvalue weighted by atomic mass is 9.99. The van der Waals surface area contributed by atoms with Crippen molar-refractivity contribution in [3.63, 3.8) is 0 Å². The molecule has 0 bridgehead atoms. The molecule has 3 nitrogen and oxygen atoms in total. The van der Waals surface area contributed by atoms with Crippen molar-refractivity contribution in [2.24, 2.45) is 11.5 Å². The van der Waals surface area contributed by atoms with Crippen LogP contribution >= 0.6 is 0 Å². The van der Waals surface area contributed by atoms with E-state index in [2.05, 4.69) is 5.32 Å². The Hall–Kier alpha value is -0.380. The van der Waals surface area contributed by atoms with Gasteiger partial charge in [-0.1, -0.05) is 12.2 Å². The van der Waals surface area contributed by atoms with E-state index in [0.29, 0.717) is 0 Å². The lowest BCUT2D eigenvalue weighted by Crippen LogP contribution is -2.65. The van der Waals surface area contributed by atoms with E-state index < -0.39 is 5.66 Å². The Bertz CT molecular complexity index is 158. The molecular weight excluding hydrogens is 126 g/mol. The van der Waals surface area contributed by atoms with Crippen LogP contribution in [0.5, 0.6) is 0 Å². The second kappa shape index (κ2) is 2.05. The zero-order valence-electron chi connectivity index (χ0n) is 6.52. The zero-order valence-corrected chi connectivity index (χ0v) is 6.52. The largest absolute Gasteiger partial charge is 0.313 e. The molecule has 1 aliphatic heterocycles. The van der Waals surface area contributed by atoms with Crippen LogP contribution in [0.1, 0.15) is 20.3 Å². The van der Waals surface area contributed by atoms with Crippen LogP contribution in [-0.4, -0.2) is 11.3 Å². The van der Waals surface area contributed by atoms with Crippen molar-refractivity contribution in [2.45, 2.75) is 31.6 Å². The average Bonchev–Trinajstić information content (AvgIpc) is 1.56. The van der Waals surface area contributed by atoms with Gasteiger partial charge in [0.1, 0.15) is 0 Å². The molecule has 3 heteroatoms. The Kier molecular flexibility index (Phi) is 1.58. The summed E-state index contributed by atoms with van der Waals surface area (Å²) >= 11 is 0. The molecule has 2 unspecified atom stereocenters. The van der Waals surface area contributed by atoms with E-state index in [1.807, 2.05) is 26.0 Å². The first-order valence-electron chi connectivity index (χ1n) is 3.46. The molecule has 0 aromatic heterocycles. The third-order valence-electron chi connectivity index (χ3n) is 1.56. The molecule has 0 aliphatic carbocycles. The molecule has 2 atom stereocenters. The summed E-state index contributed by atoms with van der Waals surface area (Å²) < 4.78 is 0. The number of rotatable bonds is 0. The van der Waals surface area contributed by atoms with Gasteiger partial charge in [0, 0.05) is 0 Å². The summed E-state index contributed by atoms with van der Waals surface area (Å²) in [6.45, 7) is 3.83. The monoisotopic (exact) mass is 141 g/mol. The molecule has 5 N–H and O–H groups in total. The van der Waals surface area contributed by atoms with Crippen LogP contribution in [-0.2, 0) is 0 Å². The summed E-state index contributed by atoms with van der Waals surface area (Å²) in [5.41, 5.74) is 10.8. The predicted molar refractivity (Wildman–Crippen MR) is 42.1 cm³/mol. The van der Waals surface area contributed by atoms with Crippen LogP contribution in [0.2, 0.25) is 0 Å². The lowest BCUT2D eigenvalue weighted by molar-refractivity contribution is 0.267. The van der Waals surface area contributed by atoms with Crippen LogP contribution in [0, 0.1) is 0 Å². The van der Waals surface area contributed by atoms with Crippen LogP contribution < -0.4 is 16.8 Å². The fourth-order valence-electron chi connectivity index (χ4n) is 1.26. The average molecular weight is 141 g/mol. The first kappa shape index (κ1) is 7.72. The van der Waals surface area contributed by atoms with Crippen LogP contribution in [0.25, 0.3) is 0 Å². The molecule has 0 spiro atoms. The van der Waals surface area contributed by atoms with Gasteiger partial charge >= 0.3 is 0 Å². The fraction of sp³-hybridized carbons (Fsp3) is 0.714. The molecule has 0 amide bonds. The number of nitrogens with one attached hydrogen (secondary N) is 1. The SMILES string of the molecule is CC1(N)C=CCC(C)(N)N1. The zero-order chi connectivity index (χ0) is 7.83. The normalized spacial score (nSPS) is 47.6. The molecule has 58 valence electrons. The highest BCUT2D eigenvalue weighted by Crippen LogP contribution is 2.14. The van der Waals surface area contributed by atoms with Crippen LogP contribution in [0.4, 0.5) is 0 Å². The Labute approximate surface area is 61.5 Å². The van der Waals surface area contributed by atoms with Gasteiger partial charge in [-0.05, 0) is 20.3 Å². The Balaban J connectivity index is 2.73. The van der Waals surface area contributed by atoms with Crippen LogP contribution in [0.3, 0.4) is 0 Å². The summed E-state index contributed by atoms with van der Waals surface area (Å²) in [5.74, 6) is 0. The number of nitrogens with two attached hydrogens (primary N) is 2. The summed E-state index contributed by atoms with van der Waals surface area (Å²) in [4.78, 5) is 0. The van der Waals surface area contributed by atoms with Gasteiger partial charge < -0.3 is 11.5 Å². The summed E-state index contributed by atoms with van der Waals surface area (Å²) in [7, 11) is 0. The van der Waals surface area contributed by atoms with Gasteiger partial charge in [-0.25, -0.2) is 0 Å². The van der Waals surface area contributed by atoms with Gasteiger partial charge in [-0.3, -0.25) is 5.32 Å². The molecule has 0 aromatic carbocycles. The Morgan fingerprint density at radius 1 is 1.40 bits per heavy atom. The van der Waals surface area contributed by atoms with Gasteiger partial charge in [0.25, 0.3) is 0 Å². The van der Waals surface area contributed by atoms with Gasteiger partial charge in [0.05, 0.1) is 11.3 Å². The van der Waals surface area contributed by atoms with E-state index in [-0.39, 0.29) is 5.66 Å². The smallest absolute Gasteiger partial charge is 0.0838 e. The van der Waals surface area contributed by atoms with Crippen molar-refractivity contribution in [3.05, 3.63) is 12.2 Å². The highest BCUT2D eigenvalue weighted by molar-refractivity contribution is 5.09. The maximum absolute atomic E-state index is 5.81. The minimum Gasteiger partial charge on any atom is -0.313 e. The standard InChI is InChI=1S/C7H15N3/c1-6(8)4-3-5-7(2,9)10-6/h3-4,10H,5,8-9H2,1-2H3. The highest BCUT2D eigenvalue weighted by atomic mass is 15.2. The van der Waals surface area contributed by atoms with E-state index in [1.165, 1.54) is 0 Å². The third-order valence-corrected chi connectivity index (χ3v) is 1.56. The fourth-order valence-corrected chi connectivity index (χ4v) is 1.26. The van der Waals surface area contributed by atoms with Gasteiger partial charge in [0.2, 0.25) is 0 Å². The molecule has 0 saturated heterocycles. The molecule has 0 aromatic rings. The Morgan fingerprint density at radius 3 is 2.30 bits per heavy atom. The van der Waals surface area contributed by atoms with Crippen molar-refractivity contribution in [2.75, 3.05) is 0 Å². The lowest BCUT2D eigenvalue weighted by Gasteiger charge is -2.37. The minimum absolute atomic E-state index is 0.349. The molecule has 0 saturated carbocycles. The van der Waals surface area contributed by atoms with Crippen molar-refractivity contribution in [1.29, 1.82) is 0 Å². The third kappa shape index (κ3) is 1.80. The van der Waals surface area contributed by atoms with Crippen molar-refractivity contribution in [1.82, 2.24) is 5.32 Å². The van der Waals surface area contributed by atoms with Gasteiger partial charge in [0.15, 0.2) is 0 Å². The predicted octanol–water partition coefficient (Wildman–Crippen LogP) is -0.114. The molecular formula is C7H15N3. The number of hydrogen-bond donors (Lipinski definition) is 3. The van der Waals surface area contributed by atoms with Crippen molar-refractivity contribution < 1.29 is 0 Å². The molecule has 1 aliphatic rings. The molecule has 10 heavy (non-hydrogen) atoms.